The molecule has 2 aromatic rings. The number of allylic oxidation sites excluding steroid dienone is 1. The van der Waals surface area contributed by atoms with E-state index < -0.39 is 0 Å². The van der Waals surface area contributed by atoms with Crippen LogP contribution in [0.25, 0.3) is 11.1 Å². The smallest absolute Gasteiger partial charge is 0.270 e. The predicted molar refractivity (Wildman–Crippen MR) is 77.2 cm³/mol. The Bertz CT molecular complexity index is 635. The van der Waals surface area contributed by atoms with Crippen molar-refractivity contribution < 1.29 is 9.21 Å². The van der Waals surface area contributed by atoms with Crippen molar-refractivity contribution in [2.45, 2.75) is 19.4 Å². The van der Waals surface area contributed by atoms with Gasteiger partial charge in [0.1, 0.15) is 5.69 Å². The van der Waals surface area contributed by atoms with Crippen LogP contribution in [0.1, 0.15) is 23.3 Å². The van der Waals surface area contributed by atoms with Crippen LogP contribution in [-0.2, 0) is 6.54 Å². The highest BCUT2D eigenvalue weighted by atomic mass is 79.9. The number of rotatable bonds is 3. The van der Waals surface area contributed by atoms with Gasteiger partial charge in [0, 0.05) is 31.8 Å². The van der Waals surface area contributed by atoms with Gasteiger partial charge in [0.15, 0.2) is 10.3 Å². The Labute approximate surface area is 119 Å². The molecule has 1 saturated heterocycles. The Morgan fingerprint density at radius 1 is 1.42 bits per heavy atom. The van der Waals surface area contributed by atoms with Gasteiger partial charge in [-0.3, -0.25) is 4.79 Å². The summed E-state index contributed by atoms with van der Waals surface area (Å²) in [6.45, 7) is 6.06. The maximum absolute atomic E-state index is 12.5. The van der Waals surface area contributed by atoms with Gasteiger partial charge in [0.2, 0.25) is 0 Å². The Hall–Kier alpha value is -1.49. The molecule has 0 aliphatic carbocycles. The Morgan fingerprint density at radius 2 is 2.16 bits per heavy atom. The number of hydrogen-bond acceptors (Lipinski definition) is 2. The first kappa shape index (κ1) is 12.5. The van der Waals surface area contributed by atoms with Gasteiger partial charge in [0.25, 0.3) is 5.91 Å². The van der Waals surface area contributed by atoms with Crippen LogP contribution >= 0.6 is 15.9 Å². The molecule has 19 heavy (non-hydrogen) atoms. The van der Waals surface area contributed by atoms with E-state index in [0.29, 0.717) is 16.9 Å². The summed E-state index contributed by atoms with van der Waals surface area (Å²) in [6.07, 6.45) is 3.98. The average Bonchev–Trinajstić information content (AvgIpc) is 3.06. The normalized spacial score (nSPS) is 15.3. The standard InChI is InChI=1S/C14H15BrN2O2/c1-2-5-17-10-9-13(15)19-12(10)8-11(17)14(18)16-6-3-4-7-16/h2,8-9H,1,3-7H2. The molecule has 1 amide bonds. The molecule has 1 fully saturated rings. The summed E-state index contributed by atoms with van der Waals surface area (Å²) in [4.78, 5) is 14.4. The van der Waals surface area contributed by atoms with E-state index in [1.807, 2.05) is 21.6 Å². The minimum absolute atomic E-state index is 0.0851. The van der Waals surface area contributed by atoms with Gasteiger partial charge in [-0.05, 0) is 28.8 Å². The minimum Gasteiger partial charge on any atom is -0.448 e. The van der Waals surface area contributed by atoms with Crippen LogP contribution < -0.4 is 0 Å². The third-order valence-corrected chi connectivity index (χ3v) is 3.87. The van der Waals surface area contributed by atoms with Gasteiger partial charge in [-0.2, -0.15) is 0 Å². The number of carbonyl (C=O) groups is 1. The van der Waals surface area contributed by atoms with Crippen molar-refractivity contribution in [2.24, 2.45) is 0 Å². The lowest BCUT2D eigenvalue weighted by atomic mass is 10.3. The lowest BCUT2D eigenvalue weighted by Crippen LogP contribution is -2.29. The summed E-state index contributed by atoms with van der Waals surface area (Å²) in [6, 6.07) is 3.71. The number of halogens is 1. The number of likely N-dealkylation sites (tertiary alicyclic amines) is 1. The maximum atomic E-state index is 12.5. The quantitative estimate of drug-likeness (QED) is 0.812. The molecule has 5 heteroatoms. The number of aromatic nitrogens is 1. The largest absolute Gasteiger partial charge is 0.448 e. The fourth-order valence-electron chi connectivity index (χ4n) is 2.60. The van der Waals surface area contributed by atoms with E-state index in [9.17, 15) is 4.79 Å². The highest BCUT2D eigenvalue weighted by Gasteiger charge is 2.24. The summed E-state index contributed by atoms with van der Waals surface area (Å²) < 4.78 is 8.17. The monoisotopic (exact) mass is 322 g/mol. The number of furan rings is 1. The van der Waals surface area contributed by atoms with Crippen molar-refractivity contribution in [1.29, 1.82) is 0 Å². The lowest BCUT2D eigenvalue weighted by molar-refractivity contribution is 0.0783. The zero-order valence-corrected chi connectivity index (χ0v) is 12.1. The molecule has 4 nitrogen and oxygen atoms in total. The third-order valence-electron chi connectivity index (χ3n) is 3.48. The molecule has 3 heterocycles. The van der Waals surface area contributed by atoms with Crippen molar-refractivity contribution >= 4 is 32.9 Å². The van der Waals surface area contributed by atoms with Gasteiger partial charge >= 0.3 is 0 Å². The molecule has 0 spiro atoms. The van der Waals surface area contributed by atoms with Gasteiger partial charge < -0.3 is 13.9 Å². The van der Waals surface area contributed by atoms with Crippen molar-refractivity contribution in [1.82, 2.24) is 9.47 Å². The molecule has 0 N–H and O–H groups in total. The van der Waals surface area contributed by atoms with Crippen molar-refractivity contribution in [2.75, 3.05) is 13.1 Å². The zero-order valence-electron chi connectivity index (χ0n) is 10.6. The van der Waals surface area contributed by atoms with E-state index in [2.05, 4.69) is 22.5 Å². The molecule has 100 valence electrons. The lowest BCUT2D eigenvalue weighted by Gasteiger charge is -2.16. The second-order valence-corrected chi connectivity index (χ2v) is 5.51. The van der Waals surface area contributed by atoms with Crippen LogP contribution in [-0.4, -0.2) is 28.5 Å². The SMILES string of the molecule is C=CCn1c(C(=O)N2CCCC2)cc2oc(Br)cc21. The summed E-state index contributed by atoms with van der Waals surface area (Å²) in [7, 11) is 0. The molecular formula is C14H15BrN2O2. The molecule has 0 bridgehead atoms. The second-order valence-electron chi connectivity index (χ2n) is 4.73. The Balaban J connectivity index is 2.05. The van der Waals surface area contributed by atoms with E-state index >= 15 is 0 Å². The van der Waals surface area contributed by atoms with E-state index in [4.69, 9.17) is 4.42 Å². The average molecular weight is 323 g/mol. The molecule has 1 aliphatic heterocycles. The first-order chi connectivity index (χ1) is 9.20. The third kappa shape index (κ3) is 2.12. The fraction of sp³-hybridized carbons (Fsp3) is 0.357. The Kier molecular flexibility index (Phi) is 3.22. The van der Waals surface area contributed by atoms with Crippen LogP contribution in [0.2, 0.25) is 0 Å². The van der Waals surface area contributed by atoms with E-state index in [0.717, 1.165) is 37.0 Å². The fourth-order valence-corrected chi connectivity index (χ4v) is 2.99. The summed E-state index contributed by atoms with van der Waals surface area (Å²) in [5.74, 6) is 0.0851. The van der Waals surface area contributed by atoms with E-state index in [-0.39, 0.29) is 5.91 Å². The van der Waals surface area contributed by atoms with Gasteiger partial charge in [-0.15, -0.1) is 6.58 Å². The number of fused-ring (bicyclic) bond motifs is 1. The maximum Gasteiger partial charge on any atom is 0.270 e. The van der Waals surface area contributed by atoms with Gasteiger partial charge in [0.05, 0.1) is 5.52 Å². The number of amides is 1. The first-order valence-corrected chi connectivity index (χ1v) is 7.19. The molecule has 2 aromatic heterocycles. The van der Waals surface area contributed by atoms with Crippen molar-refractivity contribution in [3.63, 3.8) is 0 Å². The van der Waals surface area contributed by atoms with Crippen LogP contribution in [0.3, 0.4) is 0 Å². The number of hydrogen-bond donors (Lipinski definition) is 0. The highest BCUT2D eigenvalue weighted by Crippen LogP contribution is 2.28. The Morgan fingerprint density at radius 3 is 2.84 bits per heavy atom. The predicted octanol–water partition coefficient (Wildman–Crippen LogP) is 3.42. The zero-order chi connectivity index (χ0) is 13.4. The van der Waals surface area contributed by atoms with Crippen molar-refractivity contribution in [3.05, 3.63) is 35.2 Å². The highest BCUT2D eigenvalue weighted by molar-refractivity contribution is 9.10. The molecule has 0 saturated carbocycles. The molecule has 0 unspecified atom stereocenters. The second kappa shape index (κ2) is 4.89. The van der Waals surface area contributed by atoms with E-state index in [1.165, 1.54) is 0 Å². The summed E-state index contributed by atoms with van der Waals surface area (Å²) in [5.41, 5.74) is 2.34. The summed E-state index contributed by atoms with van der Waals surface area (Å²) >= 11 is 3.32. The van der Waals surface area contributed by atoms with Crippen LogP contribution in [0.5, 0.6) is 0 Å². The topological polar surface area (TPSA) is 38.4 Å². The minimum atomic E-state index is 0.0851. The molecule has 0 atom stereocenters. The first-order valence-electron chi connectivity index (χ1n) is 6.39. The molecule has 1 aliphatic rings. The molecular weight excluding hydrogens is 308 g/mol. The summed E-state index contributed by atoms with van der Waals surface area (Å²) in [5, 5.41) is 0. The van der Waals surface area contributed by atoms with E-state index in [1.54, 1.807) is 6.08 Å². The molecule has 0 aromatic carbocycles. The number of nitrogens with zero attached hydrogens (tertiary/aromatic N) is 2. The number of carbonyl (C=O) groups excluding carboxylic acids is 1. The van der Waals surface area contributed by atoms with Crippen LogP contribution in [0.15, 0.2) is 33.9 Å². The van der Waals surface area contributed by atoms with Crippen LogP contribution in [0, 0.1) is 0 Å². The molecule has 3 rings (SSSR count). The molecule has 0 radical (unpaired) electrons. The van der Waals surface area contributed by atoms with Crippen molar-refractivity contribution in [3.8, 4) is 0 Å². The van der Waals surface area contributed by atoms with Gasteiger partial charge in [-0.25, -0.2) is 0 Å². The van der Waals surface area contributed by atoms with Crippen LogP contribution in [0.4, 0.5) is 0 Å². The van der Waals surface area contributed by atoms with Gasteiger partial charge in [-0.1, -0.05) is 6.08 Å².